The SMILES string of the molecule is OC(c1ccccc1NCc1ncnc2[nH]ccc12)c1cccc2ccccc12. The first-order valence-corrected chi connectivity index (χ1v) is 9.57. The van der Waals surface area contributed by atoms with Gasteiger partial charge in [0.15, 0.2) is 0 Å². The zero-order valence-electron chi connectivity index (χ0n) is 15.7. The molecule has 1 atom stereocenters. The zero-order chi connectivity index (χ0) is 19.6. The minimum atomic E-state index is -0.734. The lowest BCUT2D eigenvalue weighted by Gasteiger charge is -2.19. The summed E-state index contributed by atoms with van der Waals surface area (Å²) in [6.45, 7) is 0.538. The number of para-hydroxylation sites is 1. The van der Waals surface area contributed by atoms with Crippen LogP contribution in [-0.2, 0) is 6.54 Å². The van der Waals surface area contributed by atoms with Gasteiger partial charge in [-0.05, 0) is 28.5 Å². The van der Waals surface area contributed by atoms with Crippen LogP contribution in [0.4, 0.5) is 5.69 Å². The number of H-pyrrole nitrogens is 1. The van der Waals surface area contributed by atoms with Crippen molar-refractivity contribution in [3.8, 4) is 0 Å². The second-order valence-electron chi connectivity index (χ2n) is 6.97. The van der Waals surface area contributed by atoms with E-state index >= 15 is 0 Å². The molecule has 142 valence electrons. The van der Waals surface area contributed by atoms with Crippen molar-refractivity contribution >= 4 is 27.5 Å². The number of benzene rings is 3. The summed E-state index contributed by atoms with van der Waals surface area (Å²) in [4.78, 5) is 11.8. The Morgan fingerprint density at radius 2 is 1.62 bits per heavy atom. The molecule has 0 aliphatic carbocycles. The Morgan fingerprint density at radius 3 is 2.59 bits per heavy atom. The van der Waals surface area contributed by atoms with E-state index in [2.05, 4.69) is 32.4 Å². The number of aromatic nitrogens is 3. The Hall–Kier alpha value is -3.70. The van der Waals surface area contributed by atoms with Crippen LogP contribution in [0.15, 0.2) is 85.3 Å². The lowest BCUT2D eigenvalue weighted by Crippen LogP contribution is -2.08. The van der Waals surface area contributed by atoms with Gasteiger partial charge in [-0.1, -0.05) is 60.7 Å². The number of fused-ring (bicyclic) bond motifs is 2. The van der Waals surface area contributed by atoms with E-state index in [4.69, 9.17) is 0 Å². The van der Waals surface area contributed by atoms with E-state index in [0.29, 0.717) is 6.54 Å². The summed E-state index contributed by atoms with van der Waals surface area (Å²) in [5, 5.41) is 17.8. The van der Waals surface area contributed by atoms with Crippen LogP contribution in [0.2, 0.25) is 0 Å². The first kappa shape index (κ1) is 17.4. The molecule has 1 unspecified atom stereocenters. The lowest BCUT2D eigenvalue weighted by molar-refractivity contribution is 0.222. The highest BCUT2D eigenvalue weighted by Crippen LogP contribution is 2.33. The van der Waals surface area contributed by atoms with Gasteiger partial charge in [0, 0.05) is 22.8 Å². The van der Waals surface area contributed by atoms with Gasteiger partial charge < -0.3 is 15.4 Å². The molecule has 2 aromatic heterocycles. The maximum absolute atomic E-state index is 11.2. The molecule has 5 heteroatoms. The summed E-state index contributed by atoms with van der Waals surface area (Å²) in [5.74, 6) is 0. The van der Waals surface area contributed by atoms with Crippen LogP contribution in [0.5, 0.6) is 0 Å². The van der Waals surface area contributed by atoms with Gasteiger partial charge in [-0.3, -0.25) is 0 Å². The summed E-state index contributed by atoms with van der Waals surface area (Å²) in [7, 11) is 0. The third-order valence-electron chi connectivity index (χ3n) is 5.26. The van der Waals surface area contributed by atoms with Crippen LogP contribution in [0, 0.1) is 0 Å². The van der Waals surface area contributed by atoms with Crippen molar-refractivity contribution in [1.29, 1.82) is 0 Å². The quantitative estimate of drug-likeness (QED) is 0.409. The van der Waals surface area contributed by atoms with Crippen molar-refractivity contribution in [1.82, 2.24) is 15.0 Å². The van der Waals surface area contributed by atoms with Crippen LogP contribution in [-0.4, -0.2) is 20.1 Å². The van der Waals surface area contributed by atoms with E-state index in [9.17, 15) is 5.11 Å². The minimum absolute atomic E-state index is 0.538. The van der Waals surface area contributed by atoms with Gasteiger partial charge in [0.2, 0.25) is 0 Å². The summed E-state index contributed by atoms with van der Waals surface area (Å²) >= 11 is 0. The zero-order valence-corrected chi connectivity index (χ0v) is 15.7. The topological polar surface area (TPSA) is 73.8 Å². The summed E-state index contributed by atoms with van der Waals surface area (Å²) < 4.78 is 0. The predicted octanol–water partition coefficient (Wildman–Crippen LogP) is 4.80. The fourth-order valence-electron chi connectivity index (χ4n) is 3.80. The van der Waals surface area contributed by atoms with Crippen molar-refractivity contribution in [2.75, 3.05) is 5.32 Å². The number of nitrogens with zero attached hydrogens (tertiary/aromatic N) is 2. The van der Waals surface area contributed by atoms with Gasteiger partial charge in [-0.25, -0.2) is 9.97 Å². The molecule has 0 amide bonds. The highest BCUT2D eigenvalue weighted by Gasteiger charge is 2.17. The van der Waals surface area contributed by atoms with E-state index in [1.54, 1.807) is 6.33 Å². The molecule has 5 rings (SSSR count). The van der Waals surface area contributed by atoms with Gasteiger partial charge in [-0.2, -0.15) is 0 Å². The third kappa shape index (κ3) is 3.22. The standard InChI is InChI=1S/C24H20N4O/c29-23(18-10-5-7-16-6-1-2-8-17(16)18)19-9-3-4-11-21(19)26-14-22-20-12-13-25-24(20)28-15-27-22/h1-13,15,23,26,29H,14H2,(H,25,27,28). The Balaban J connectivity index is 1.48. The maximum atomic E-state index is 11.2. The van der Waals surface area contributed by atoms with Crippen LogP contribution >= 0.6 is 0 Å². The Labute approximate surface area is 168 Å². The van der Waals surface area contributed by atoms with E-state index in [-0.39, 0.29) is 0 Å². The molecule has 0 bridgehead atoms. The highest BCUT2D eigenvalue weighted by molar-refractivity contribution is 5.86. The van der Waals surface area contributed by atoms with Crippen LogP contribution in [0.25, 0.3) is 21.8 Å². The average Bonchev–Trinajstić information content (AvgIpc) is 3.26. The first-order valence-electron chi connectivity index (χ1n) is 9.57. The third-order valence-corrected chi connectivity index (χ3v) is 5.26. The fraction of sp³-hybridized carbons (Fsp3) is 0.0833. The summed E-state index contributed by atoms with van der Waals surface area (Å²) in [5.41, 5.74) is 4.34. The molecule has 0 saturated carbocycles. The number of aromatic amines is 1. The van der Waals surface area contributed by atoms with Crippen molar-refractivity contribution in [3.05, 3.63) is 102 Å². The smallest absolute Gasteiger partial charge is 0.141 e. The van der Waals surface area contributed by atoms with Crippen molar-refractivity contribution in [3.63, 3.8) is 0 Å². The highest BCUT2D eigenvalue weighted by atomic mass is 16.3. The monoisotopic (exact) mass is 380 g/mol. The molecule has 3 aromatic carbocycles. The normalized spacial score (nSPS) is 12.3. The largest absolute Gasteiger partial charge is 0.384 e. The fourth-order valence-corrected chi connectivity index (χ4v) is 3.80. The Morgan fingerprint density at radius 1 is 0.828 bits per heavy atom. The second-order valence-corrected chi connectivity index (χ2v) is 6.97. The molecule has 0 radical (unpaired) electrons. The minimum Gasteiger partial charge on any atom is -0.384 e. The molecular formula is C24H20N4O. The number of hydrogen-bond acceptors (Lipinski definition) is 4. The Kier molecular flexibility index (Phi) is 4.42. The maximum Gasteiger partial charge on any atom is 0.141 e. The molecule has 29 heavy (non-hydrogen) atoms. The number of rotatable bonds is 5. The van der Waals surface area contributed by atoms with E-state index in [1.165, 1.54) is 0 Å². The van der Waals surface area contributed by atoms with Gasteiger partial charge in [0.05, 0.1) is 12.2 Å². The summed E-state index contributed by atoms with van der Waals surface area (Å²) in [6.07, 6.45) is 2.69. The predicted molar refractivity (Wildman–Crippen MR) is 116 cm³/mol. The number of anilines is 1. The van der Waals surface area contributed by atoms with E-state index in [0.717, 1.165) is 44.3 Å². The van der Waals surface area contributed by atoms with Crippen LogP contribution in [0.3, 0.4) is 0 Å². The molecule has 3 N–H and O–H groups in total. The molecule has 0 aliphatic rings. The van der Waals surface area contributed by atoms with Crippen LogP contribution in [0.1, 0.15) is 22.9 Å². The van der Waals surface area contributed by atoms with Crippen LogP contribution < -0.4 is 5.32 Å². The second kappa shape index (κ2) is 7.37. The molecule has 0 spiro atoms. The number of hydrogen-bond donors (Lipinski definition) is 3. The number of nitrogens with one attached hydrogen (secondary N) is 2. The average molecular weight is 380 g/mol. The van der Waals surface area contributed by atoms with Gasteiger partial charge >= 0.3 is 0 Å². The molecule has 2 heterocycles. The first-order chi connectivity index (χ1) is 14.3. The molecule has 0 saturated heterocycles. The van der Waals surface area contributed by atoms with E-state index < -0.39 is 6.10 Å². The summed E-state index contributed by atoms with van der Waals surface area (Å²) in [6, 6.07) is 24.0. The van der Waals surface area contributed by atoms with E-state index in [1.807, 2.05) is 66.9 Å². The number of aliphatic hydroxyl groups excluding tert-OH is 1. The number of aliphatic hydroxyl groups is 1. The molecule has 0 fully saturated rings. The Bertz CT molecular complexity index is 1290. The lowest BCUT2D eigenvalue weighted by atomic mass is 9.95. The van der Waals surface area contributed by atoms with Gasteiger partial charge in [-0.15, -0.1) is 0 Å². The molecule has 5 nitrogen and oxygen atoms in total. The van der Waals surface area contributed by atoms with Crippen molar-refractivity contribution in [2.45, 2.75) is 12.6 Å². The molecule has 0 aliphatic heterocycles. The van der Waals surface area contributed by atoms with Gasteiger partial charge in [0.1, 0.15) is 18.1 Å². The van der Waals surface area contributed by atoms with Crippen molar-refractivity contribution in [2.24, 2.45) is 0 Å². The van der Waals surface area contributed by atoms with Gasteiger partial charge in [0.25, 0.3) is 0 Å². The molecular weight excluding hydrogens is 360 g/mol. The van der Waals surface area contributed by atoms with Crippen molar-refractivity contribution < 1.29 is 5.11 Å². The molecule has 5 aromatic rings.